The summed E-state index contributed by atoms with van der Waals surface area (Å²) in [7, 11) is 5.92. The van der Waals surface area contributed by atoms with Crippen molar-refractivity contribution in [1.29, 1.82) is 0 Å². The first-order valence-electron chi connectivity index (χ1n) is 4.06. The summed E-state index contributed by atoms with van der Waals surface area (Å²) in [6.07, 6.45) is 7.29. The molecule has 2 aromatic rings. The second-order valence-corrected chi connectivity index (χ2v) is 2.97. The zero-order valence-corrected chi connectivity index (χ0v) is 31.6. The van der Waals surface area contributed by atoms with Gasteiger partial charge in [0.05, 0.1) is 6.33 Å². The van der Waals surface area contributed by atoms with E-state index in [4.69, 9.17) is 0 Å². The summed E-state index contributed by atoms with van der Waals surface area (Å²) in [5, 5.41) is 0. The predicted octanol–water partition coefficient (Wildman–Crippen LogP) is -1.21. The van der Waals surface area contributed by atoms with Crippen LogP contribution in [-0.2, 0) is 243 Å². The third-order valence-electron chi connectivity index (χ3n) is 1.99. The Morgan fingerprint density at radius 2 is 1.45 bits per heavy atom. The minimum absolute atomic E-state index is 0. The summed E-state index contributed by atoms with van der Waals surface area (Å²) >= 11 is 0. The molecule has 0 saturated carbocycles. The largest absolute Gasteiger partial charge is 0.382 e. The van der Waals surface area contributed by atoms with Gasteiger partial charge in [0, 0.05) is 262 Å². The fourth-order valence-electron chi connectivity index (χ4n) is 1.16. The molecule has 0 bridgehead atoms. The zero-order valence-electron chi connectivity index (χ0n) is 11.7. The van der Waals surface area contributed by atoms with Crippen molar-refractivity contribution >= 4 is 18.6 Å². The van der Waals surface area contributed by atoms with Gasteiger partial charge in [-0.15, -0.1) is 5.72 Å². The van der Waals surface area contributed by atoms with Gasteiger partial charge in [0.2, 0.25) is 0 Å². The molecule has 0 fully saturated rings. The molecule has 20 heavy (non-hydrogen) atoms. The molecule has 2 rings (SSSR count). The maximum atomic E-state index is 4.20. The molecule has 0 unspecified atom stereocenters. The Hall–Kier alpha value is 6.21. The van der Waals surface area contributed by atoms with Gasteiger partial charge in [-0.05, 0) is 0 Å². The first kappa shape index (κ1) is 40.8. The molecule has 0 atom stereocenters. The smallest absolute Gasteiger partial charge is 0.0910 e. The monoisotopic (exact) mass is 795 g/mol. The van der Waals surface area contributed by atoms with Crippen molar-refractivity contribution in [2.45, 2.75) is 0 Å². The van der Waals surface area contributed by atoms with Gasteiger partial charge in [0.1, 0.15) is 0 Å². The van der Waals surface area contributed by atoms with E-state index in [0.717, 1.165) is 11.3 Å². The van der Waals surface area contributed by atoms with Crippen molar-refractivity contribution in [2.24, 2.45) is 14.1 Å². The molecule has 0 aliphatic carbocycles. The predicted molar refractivity (Wildman–Crippen MR) is 51.4 cm³/mol. The van der Waals surface area contributed by atoms with Gasteiger partial charge < -0.3 is 9.13 Å². The van der Waals surface area contributed by atoms with Gasteiger partial charge in [-0.25, -0.2) is 4.98 Å². The van der Waals surface area contributed by atoms with Crippen LogP contribution in [0.15, 0.2) is 24.9 Å². The molecule has 0 aromatic carbocycles. The van der Waals surface area contributed by atoms with Gasteiger partial charge >= 0.3 is 0 Å². The second kappa shape index (κ2) is 23.3. The Balaban J connectivity index is -0.0000000700. The van der Waals surface area contributed by atoms with Gasteiger partial charge in [-0.3, -0.25) is 4.98 Å². The first-order chi connectivity index (χ1) is 6.27. The standard InChI is InChI=1S/C8H10BN4.7Y/c1-12-4-3-11-8(12)9-7-5-10-6-13(7)2;;;;;;;/h3-6H,1-2H3;;;;;;;/q-1;;;;;;;. The van der Waals surface area contributed by atoms with E-state index in [-0.39, 0.29) is 229 Å². The van der Waals surface area contributed by atoms with Gasteiger partial charge in [0.25, 0.3) is 0 Å². The molecule has 0 spiro atoms. The van der Waals surface area contributed by atoms with Crippen LogP contribution in [0.4, 0.5) is 0 Å². The Morgan fingerprint density at radius 3 is 1.80 bits per heavy atom. The number of nitrogens with zero attached hydrogens (tertiary/aromatic N) is 4. The summed E-state index contributed by atoms with van der Waals surface area (Å²) in [6.45, 7) is 0. The molecule has 87 valence electrons. The average Bonchev–Trinajstić information content (AvgIpc) is 2.65. The number of aryl methyl sites for hydroxylation is 2. The topological polar surface area (TPSA) is 35.6 Å². The molecule has 0 aliphatic heterocycles. The minimum Gasteiger partial charge on any atom is -0.382 e. The molecule has 0 saturated heterocycles. The Kier molecular flexibility index (Phi) is 47.4. The van der Waals surface area contributed by atoms with Gasteiger partial charge in [0.15, 0.2) is 0 Å². The van der Waals surface area contributed by atoms with Crippen molar-refractivity contribution in [3.05, 3.63) is 24.9 Å². The number of rotatable bonds is 2. The van der Waals surface area contributed by atoms with Crippen LogP contribution in [0.3, 0.4) is 0 Å². The second-order valence-electron chi connectivity index (χ2n) is 2.97. The van der Waals surface area contributed by atoms with Crippen LogP contribution < -0.4 is 11.3 Å². The van der Waals surface area contributed by atoms with Crippen LogP contribution in [0.2, 0.25) is 0 Å². The van der Waals surface area contributed by atoms with Crippen LogP contribution in [-0.4, -0.2) is 26.4 Å². The van der Waals surface area contributed by atoms with E-state index in [1.54, 1.807) is 12.5 Å². The Labute approximate surface area is 297 Å². The van der Waals surface area contributed by atoms with Crippen LogP contribution in [0, 0.1) is 0 Å². The van der Waals surface area contributed by atoms with Crippen molar-refractivity contribution < 1.29 is 229 Å². The first-order valence-corrected chi connectivity index (χ1v) is 4.06. The quantitative estimate of drug-likeness (QED) is 0.359. The fraction of sp³-hybridized carbons (Fsp3) is 0.250. The summed E-state index contributed by atoms with van der Waals surface area (Å²) < 4.78 is 3.92. The van der Waals surface area contributed by atoms with E-state index in [9.17, 15) is 0 Å². The SMILES string of the molecule is Cn1cncc1[B-]c1nccn1C.[Y].[Y].[Y].[Y].[Y].[Y].[Y]. The van der Waals surface area contributed by atoms with E-state index in [1.165, 1.54) is 0 Å². The van der Waals surface area contributed by atoms with Crippen LogP contribution in [0.1, 0.15) is 0 Å². The average molecular weight is 795 g/mol. The Bertz CT molecular complexity index is 384. The van der Waals surface area contributed by atoms with E-state index >= 15 is 0 Å². The zero-order chi connectivity index (χ0) is 9.26. The molecule has 0 aliphatic rings. The maximum absolute atomic E-state index is 4.20. The van der Waals surface area contributed by atoms with E-state index in [1.807, 2.05) is 42.9 Å². The van der Waals surface area contributed by atoms with E-state index < -0.39 is 0 Å². The van der Waals surface area contributed by atoms with Gasteiger partial charge in [-0.2, -0.15) is 12.9 Å². The van der Waals surface area contributed by atoms with Crippen molar-refractivity contribution in [3.63, 3.8) is 0 Å². The van der Waals surface area contributed by atoms with Crippen LogP contribution in [0.25, 0.3) is 0 Å². The molecular formula is C8H10BN4Y7-. The third kappa shape index (κ3) is 14.3. The number of imidazole rings is 2. The molecule has 0 N–H and O–H groups in total. The molecule has 0 amide bonds. The molecule has 2 heterocycles. The molecule has 12 heteroatoms. The molecule has 9 radical (unpaired) electrons. The van der Waals surface area contributed by atoms with E-state index in [0.29, 0.717) is 0 Å². The van der Waals surface area contributed by atoms with Gasteiger partial charge in [-0.1, -0.05) is 0 Å². The third-order valence-corrected chi connectivity index (χ3v) is 1.99. The normalized spacial score (nSPS) is 6.90. The fourth-order valence-corrected chi connectivity index (χ4v) is 1.16. The van der Waals surface area contributed by atoms with Crippen LogP contribution in [0.5, 0.6) is 0 Å². The Morgan fingerprint density at radius 1 is 0.900 bits per heavy atom. The summed E-state index contributed by atoms with van der Waals surface area (Å²) in [4.78, 5) is 8.22. The number of hydrogen-bond donors (Lipinski definition) is 0. The van der Waals surface area contributed by atoms with Crippen molar-refractivity contribution in [3.8, 4) is 0 Å². The summed E-state index contributed by atoms with van der Waals surface area (Å²) in [6, 6.07) is 0. The molecule has 4 nitrogen and oxygen atoms in total. The van der Waals surface area contributed by atoms with Crippen molar-refractivity contribution in [2.75, 3.05) is 0 Å². The minimum atomic E-state index is 0. The van der Waals surface area contributed by atoms with Crippen LogP contribution >= 0.6 is 0 Å². The number of hydrogen-bond acceptors (Lipinski definition) is 2. The maximum Gasteiger partial charge on any atom is 0.0910 e. The molecular weight excluding hydrogens is 785 g/mol. The van der Waals surface area contributed by atoms with E-state index in [2.05, 4.69) is 9.97 Å². The summed E-state index contributed by atoms with van der Waals surface area (Å²) in [5.74, 6) is 0. The summed E-state index contributed by atoms with van der Waals surface area (Å²) in [5.41, 5.74) is 1.98. The number of aromatic nitrogens is 4. The van der Waals surface area contributed by atoms with Crippen molar-refractivity contribution in [1.82, 2.24) is 19.1 Å². The molecule has 2 aromatic heterocycles.